The minimum atomic E-state index is -0.958. The second-order valence-corrected chi connectivity index (χ2v) is 5.19. The van der Waals surface area contributed by atoms with Gasteiger partial charge in [-0.05, 0) is 41.1 Å². The summed E-state index contributed by atoms with van der Waals surface area (Å²) in [7, 11) is 0. The average molecular weight is 347 g/mol. The van der Waals surface area contributed by atoms with Gasteiger partial charge in [0.25, 0.3) is 0 Å². The van der Waals surface area contributed by atoms with Crippen LogP contribution in [0.4, 0.5) is 14.9 Å². The van der Waals surface area contributed by atoms with E-state index in [1.54, 1.807) is 6.92 Å². The quantitative estimate of drug-likeness (QED) is 0.860. The Hall–Kier alpha value is -1.63. The van der Waals surface area contributed by atoms with E-state index in [4.69, 9.17) is 5.11 Å². The Morgan fingerprint density at radius 3 is 2.65 bits per heavy atom. The van der Waals surface area contributed by atoms with Gasteiger partial charge in [0.15, 0.2) is 0 Å². The van der Waals surface area contributed by atoms with Crippen molar-refractivity contribution in [1.29, 1.82) is 0 Å². The number of carbonyl (C=O) groups excluding carboxylic acids is 1. The predicted octanol–water partition coefficient (Wildman–Crippen LogP) is 3.16. The molecule has 1 aromatic carbocycles. The summed E-state index contributed by atoms with van der Waals surface area (Å²) in [5, 5.41) is 11.5. The van der Waals surface area contributed by atoms with E-state index in [0.717, 1.165) is 0 Å². The molecule has 1 aromatic rings. The fourth-order valence-corrected chi connectivity index (χ4v) is 1.92. The van der Waals surface area contributed by atoms with Crippen LogP contribution in [-0.2, 0) is 4.79 Å². The van der Waals surface area contributed by atoms with E-state index in [1.165, 1.54) is 30.0 Å². The normalized spacial score (nSPS) is 11.8. The van der Waals surface area contributed by atoms with Crippen molar-refractivity contribution >= 4 is 33.6 Å². The highest BCUT2D eigenvalue weighted by Gasteiger charge is 2.19. The van der Waals surface area contributed by atoms with Gasteiger partial charge in [0, 0.05) is 18.8 Å². The highest BCUT2D eigenvalue weighted by atomic mass is 79.9. The molecule has 110 valence electrons. The molecule has 0 heterocycles. The average Bonchev–Trinajstić information content (AvgIpc) is 2.39. The van der Waals surface area contributed by atoms with Gasteiger partial charge >= 0.3 is 12.0 Å². The molecule has 0 aliphatic rings. The molecule has 5 nitrogen and oxygen atoms in total. The van der Waals surface area contributed by atoms with Crippen LogP contribution in [0, 0.1) is 11.7 Å². The van der Waals surface area contributed by atoms with Crippen LogP contribution in [0.1, 0.15) is 13.8 Å². The number of anilines is 1. The fraction of sp³-hybridized carbons (Fsp3) is 0.385. The summed E-state index contributed by atoms with van der Waals surface area (Å²) < 4.78 is 13.3. The van der Waals surface area contributed by atoms with E-state index in [-0.39, 0.29) is 11.0 Å². The predicted molar refractivity (Wildman–Crippen MR) is 77.2 cm³/mol. The molecular formula is C13H16BrFN2O3. The highest BCUT2D eigenvalue weighted by Crippen LogP contribution is 2.20. The molecule has 0 radical (unpaired) electrons. The molecule has 1 rings (SSSR count). The van der Waals surface area contributed by atoms with Gasteiger partial charge < -0.3 is 15.3 Å². The van der Waals surface area contributed by atoms with E-state index in [0.29, 0.717) is 12.2 Å². The zero-order valence-electron chi connectivity index (χ0n) is 11.2. The van der Waals surface area contributed by atoms with E-state index in [9.17, 15) is 14.0 Å². The number of rotatable bonds is 5. The Bertz CT molecular complexity index is 510. The van der Waals surface area contributed by atoms with Crippen LogP contribution < -0.4 is 5.32 Å². The maximum absolute atomic E-state index is 13.1. The molecule has 1 unspecified atom stereocenters. The van der Waals surface area contributed by atoms with Crippen molar-refractivity contribution in [2.75, 3.05) is 18.4 Å². The number of nitrogens with one attached hydrogen (secondary N) is 1. The molecule has 0 saturated heterocycles. The van der Waals surface area contributed by atoms with Crippen LogP contribution in [0.3, 0.4) is 0 Å². The molecule has 7 heteroatoms. The molecule has 2 N–H and O–H groups in total. The van der Waals surface area contributed by atoms with Crippen molar-refractivity contribution in [2.45, 2.75) is 13.8 Å². The van der Waals surface area contributed by atoms with Gasteiger partial charge in [-0.2, -0.15) is 0 Å². The van der Waals surface area contributed by atoms with Crippen molar-refractivity contribution in [3.8, 4) is 0 Å². The molecule has 20 heavy (non-hydrogen) atoms. The number of carboxylic acids is 1. The third-order valence-electron chi connectivity index (χ3n) is 2.76. The van der Waals surface area contributed by atoms with E-state index in [1.807, 2.05) is 0 Å². The largest absolute Gasteiger partial charge is 0.481 e. The number of hydrogen-bond acceptors (Lipinski definition) is 2. The minimum Gasteiger partial charge on any atom is -0.481 e. The van der Waals surface area contributed by atoms with Gasteiger partial charge in [0.05, 0.1) is 10.4 Å². The van der Waals surface area contributed by atoms with Crippen molar-refractivity contribution < 1.29 is 19.1 Å². The number of hydrogen-bond donors (Lipinski definition) is 2. The van der Waals surface area contributed by atoms with Gasteiger partial charge in [-0.15, -0.1) is 0 Å². The summed E-state index contributed by atoms with van der Waals surface area (Å²) in [6.45, 7) is 3.79. The monoisotopic (exact) mass is 346 g/mol. The van der Waals surface area contributed by atoms with Gasteiger partial charge in [0.1, 0.15) is 5.82 Å². The lowest BCUT2D eigenvalue weighted by molar-refractivity contribution is -0.141. The van der Waals surface area contributed by atoms with Crippen LogP contribution >= 0.6 is 15.9 Å². The first-order chi connectivity index (χ1) is 9.35. The van der Waals surface area contributed by atoms with Crippen LogP contribution in [0.25, 0.3) is 0 Å². The lowest BCUT2D eigenvalue weighted by atomic mass is 10.2. The molecule has 0 aromatic heterocycles. The maximum atomic E-state index is 13.1. The van der Waals surface area contributed by atoms with Crippen LogP contribution in [0.2, 0.25) is 0 Å². The Morgan fingerprint density at radius 2 is 2.15 bits per heavy atom. The smallest absolute Gasteiger partial charge is 0.321 e. The van der Waals surface area contributed by atoms with E-state index < -0.39 is 23.7 Å². The Kier molecular flexibility index (Phi) is 5.94. The van der Waals surface area contributed by atoms with Crippen LogP contribution in [-0.4, -0.2) is 35.1 Å². The summed E-state index contributed by atoms with van der Waals surface area (Å²) in [5.41, 5.74) is 0.435. The van der Waals surface area contributed by atoms with Crippen molar-refractivity contribution in [3.63, 3.8) is 0 Å². The molecule has 0 saturated carbocycles. The zero-order chi connectivity index (χ0) is 15.3. The number of aliphatic carboxylic acids is 1. The molecule has 2 amide bonds. The first-order valence-corrected chi connectivity index (χ1v) is 6.88. The summed E-state index contributed by atoms with van der Waals surface area (Å²) in [6, 6.07) is 3.70. The molecule has 0 bridgehead atoms. The topological polar surface area (TPSA) is 69.6 Å². The Labute approximate surface area is 124 Å². The first kappa shape index (κ1) is 16.4. The number of amides is 2. The molecule has 0 fully saturated rings. The van der Waals surface area contributed by atoms with Gasteiger partial charge in [-0.3, -0.25) is 4.79 Å². The second kappa shape index (κ2) is 7.23. The number of benzene rings is 1. The Balaban J connectivity index is 2.72. The third-order valence-corrected chi connectivity index (χ3v) is 3.36. The van der Waals surface area contributed by atoms with Crippen LogP contribution in [0.15, 0.2) is 22.7 Å². The van der Waals surface area contributed by atoms with Gasteiger partial charge in [0.2, 0.25) is 0 Å². The summed E-state index contributed by atoms with van der Waals surface area (Å²) in [4.78, 5) is 24.2. The first-order valence-electron chi connectivity index (χ1n) is 6.09. The van der Waals surface area contributed by atoms with Gasteiger partial charge in [-0.25, -0.2) is 9.18 Å². The van der Waals surface area contributed by atoms with E-state index in [2.05, 4.69) is 21.2 Å². The zero-order valence-corrected chi connectivity index (χ0v) is 12.8. The van der Waals surface area contributed by atoms with Crippen LogP contribution in [0.5, 0.6) is 0 Å². The SMILES string of the molecule is CCN(CC(C)C(=O)O)C(=O)Nc1ccc(F)c(Br)c1. The number of carbonyl (C=O) groups is 2. The van der Waals surface area contributed by atoms with Crippen molar-refractivity contribution in [3.05, 3.63) is 28.5 Å². The standard InChI is InChI=1S/C13H16BrFN2O3/c1-3-17(7-8(2)12(18)19)13(20)16-9-4-5-11(15)10(14)6-9/h4-6,8H,3,7H2,1-2H3,(H,16,20)(H,18,19). The number of nitrogens with zero attached hydrogens (tertiary/aromatic N) is 1. The number of halogens is 2. The summed E-state index contributed by atoms with van der Waals surface area (Å²) >= 11 is 3.03. The lowest BCUT2D eigenvalue weighted by Crippen LogP contribution is -2.39. The summed E-state index contributed by atoms with van der Waals surface area (Å²) in [6.07, 6.45) is 0. The lowest BCUT2D eigenvalue weighted by Gasteiger charge is -2.23. The minimum absolute atomic E-state index is 0.111. The molecule has 0 aliphatic carbocycles. The summed E-state index contributed by atoms with van der Waals surface area (Å²) in [5.74, 6) is -2.03. The van der Waals surface area contributed by atoms with Crippen molar-refractivity contribution in [2.24, 2.45) is 5.92 Å². The van der Waals surface area contributed by atoms with Crippen molar-refractivity contribution in [1.82, 2.24) is 4.90 Å². The number of carboxylic acid groups (broad SMARTS) is 1. The molecule has 1 atom stereocenters. The fourth-order valence-electron chi connectivity index (χ4n) is 1.54. The van der Waals surface area contributed by atoms with E-state index >= 15 is 0 Å². The van der Waals surface area contributed by atoms with Gasteiger partial charge in [-0.1, -0.05) is 6.92 Å². The highest BCUT2D eigenvalue weighted by molar-refractivity contribution is 9.10. The molecule has 0 aliphatic heterocycles. The second-order valence-electron chi connectivity index (χ2n) is 4.34. The number of urea groups is 1. The molecular weight excluding hydrogens is 331 g/mol. The third kappa shape index (κ3) is 4.48. The maximum Gasteiger partial charge on any atom is 0.321 e. The Morgan fingerprint density at radius 1 is 1.50 bits per heavy atom. The molecule has 0 spiro atoms.